The zero-order valence-corrected chi connectivity index (χ0v) is 23.7. The van der Waals surface area contributed by atoms with Crippen LogP contribution in [-0.4, -0.2) is 41.6 Å². The van der Waals surface area contributed by atoms with Gasteiger partial charge >= 0.3 is 0 Å². The Morgan fingerprint density at radius 3 is 2.33 bits per heavy atom. The predicted octanol–water partition coefficient (Wildman–Crippen LogP) is 6.35. The van der Waals surface area contributed by atoms with E-state index in [9.17, 15) is 14.4 Å². The second kappa shape index (κ2) is 13.0. The third kappa shape index (κ3) is 7.00. The summed E-state index contributed by atoms with van der Waals surface area (Å²) in [7, 11) is 1.59. The summed E-state index contributed by atoms with van der Waals surface area (Å²) in [5.74, 6) is 0.251. The molecule has 40 heavy (non-hydrogen) atoms. The molecule has 0 saturated heterocycles. The molecule has 3 aromatic carbocycles. The number of carbonyl (C=O) groups excluding carboxylic acids is 3. The van der Waals surface area contributed by atoms with Crippen LogP contribution < -0.4 is 20.7 Å². The fourth-order valence-electron chi connectivity index (χ4n) is 4.63. The van der Waals surface area contributed by atoms with Crippen molar-refractivity contribution in [2.24, 2.45) is 0 Å². The number of nitrogens with zero attached hydrogens (tertiary/aromatic N) is 1. The molecule has 4 aromatic rings. The average Bonchev–Trinajstić information content (AvgIpc) is 3.39. The molecule has 0 unspecified atom stereocenters. The van der Waals surface area contributed by atoms with Crippen LogP contribution >= 0.6 is 23.1 Å². The Balaban J connectivity index is 1.20. The van der Waals surface area contributed by atoms with Gasteiger partial charge in [0.15, 0.2) is 4.34 Å². The molecular weight excluding hydrogens is 544 g/mol. The van der Waals surface area contributed by atoms with Crippen molar-refractivity contribution in [3.8, 4) is 5.75 Å². The van der Waals surface area contributed by atoms with E-state index < -0.39 is 0 Å². The largest absolute Gasteiger partial charge is 0.497 e. The molecule has 0 spiro atoms. The molecule has 0 bridgehead atoms. The van der Waals surface area contributed by atoms with E-state index in [2.05, 4.69) is 20.9 Å². The van der Waals surface area contributed by atoms with Crippen LogP contribution in [0.2, 0.25) is 0 Å². The summed E-state index contributed by atoms with van der Waals surface area (Å²) >= 11 is 2.81. The Hall–Kier alpha value is -3.89. The lowest BCUT2D eigenvalue weighted by Crippen LogP contribution is -2.37. The van der Waals surface area contributed by atoms with Gasteiger partial charge in [-0.25, -0.2) is 4.98 Å². The van der Waals surface area contributed by atoms with Crippen LogP contribution in [0.5, 0.6) is 5.75 Å². The number of nitrogens with one attached hydrogen (secondary N) is 3. The molecule has 3 amide bonds. The number of methoxy groups -OCH3 is 1. The van der Waals surface area contributed by atoms with Gasteiger partial charge in [0, 0.05) is 17.4 Å². The SMILES string of the molecule is COc1ccc(NC(=O)CSc2nc3ccc(NC(=O)c4ccccc4C(=O)NC4CCCCC4)cc3s2)cc1. The van der Waals surface area contributed by atoms with Crippen LogP contribution in [0, 0.1) is 0 Å². The van der Waals surface area contributed by atoms with E-state index in [0.717, 1.165) is 46.0 Å². The van der Waals surface area contributed by atoms with Crippen molar-refractivity contribution in [3.05, 3.63) is 77.9 Å². The van der Waals surface area contributed by atoms with Gasteiger partial charge < -0.3 is 20.7 Å². The molecule has 1 saturated carbocycles. The van der Waals surface area contributed by atoms with Crippen LogP contribution in [-0.2, 0) is 4.79 Å². The fraction of sp³-hybridized carbons (Fsp3) is 0.267. The molecule has 8 nitrogen and oxygen atoms in total. The third-order valence-corrected chi connectivity index (χ3v) is 8.85. The summed E-state index contributed by atoms with van der Waals surface area (Å²) in [5, 5.41) is 8.89. The summed E-state index contributed by atoms with van der Waals surface area (Å²) in [5.41, 5.74) is 2.80. The topological polar surface area (TPSA) is 109 Å². The van der Waals surface area contributed by atoms with E-state index in [1.807, 2.05) is 12.1 Å². The Morgan fingerprint density at radius 1 is 0.900 bits per heavy atom. The quantitative estimate of drug-likeness (QED) is 0.201. The number of fused-ring (bicyclic) bond motifs is 1. The van der Waals surface area contributed by atoms with Gasteiger partial charge in [-0.1, -0.05) is 43.2 Å². The number of carbonyl (C=O) groups is 3. The highest BCUT2D eigenvalue weighted by Crippen LogP contribution is 2.31. The highest BCUT2D eigenvalue weighted by molar-refractivity contribution is 8.01. The number of amides is 3. The highest BCUT2D eigenvalue weighted by Gasteiger charge is 2.21. The molecule has 1 aliphatic rings. The van der Waals surface area contributed by atoms with E-state index in [1.54, 1.807) is 61.7 Å². The summed E-state index contributed by atoms with van der Waals surface area (Å²) in [6.45, 7) is 0. The highest BCUT2D eigenvalue weighted by atomic mass is 32.2. The van der Waals surface area contributed by atoms with Gasteiger partial charge in [0.25, 0.3) is 11.8 Å². The fourth-order valence-corrected chi connectivity index (χ4v) is 6.54. The number of ether oxygens (including phenoxy) is 1. The second-order valence-corrected chi connectivity index (χ2v) is 11.8. The monoisotopic (exact) mass is 574 g/mol. The molecule has 1 aliphatic carbocycles. The number of aromatic nitrogens is 1. The molecule has 1 fully saturated rings. The van der Waals surface area contributed by atoms with Gasteiger partial charge in [0.05, 0.1) is 34.2 Å². The first-order valence-electron chi connectivity index (χ1n) is 13.2. The minimum absolute atomic E-state index is 0.131. The third-order valence-electron chi connectivity index (χ3n) is 6.68. The Kier molecular flexibility index (Phi) is 8.98. The Bertz CT molecular complexity index is 1510. The molecule has 1 aromatic heterocycles. The molecule has 206 valence electrons. The van der Waals surface area contributed by atoms with Crippen molar-refractivity contribution < 1.29 is 19.1 Å². The number of thiazole rings is 1. The average molecular weight is 575 g/mol. The minimum atomic E-state index is -0.344. The van der Waals surface area contributed by atoms with Gasteiger partial charge in [-0.2, -0.15) is 0 Å². The van der Waals surface area contributed by atoms with Gasteiger partial charge in [-0.3, -0.25) is 14.4 Å². The lowest BCUT2D eigenvalue weighted by atomic mass is 9.95. The van der Waals surface area contributed by atoms with Crippen LogP contribution in [0.3, 0.4) is 0 Å². The van der Waals surface area contributed by atoms with Crippen LogP contribution in [0.4, 0.5) is 11.4 Å². The summed E-state index contributed by atoms with van der Waals surface area (Å²) in [6.07, 6.45) is 5.38. The zero-order chi connectivity index (χ0) is 27.9. The maximum atomic E-state index is 13.2. The minimum Gasteiger partial charge on any atom is -0.497 e. The van der Waals surface area contributed by atoms with Crippen molar-refractivity contribution in [1.29, 1.82) is 0 Å². The molecule has 10 heteroatoms. The standard InChI is InChI=1S/C30H30N4O4S2/c1-38-22-14-11-20(12-15-22)31-27(35)18-39-30-34-25-16-13-21(17-26(25)40-30)33-29(37)24-10-6-5-9-23(24)28(36)32-19-7-3-2-4-8-19/h5-6,9-17,19H,2-4,7-8,18H2,1H3,(H,31,35)(H,32,36)(H,33,37). The van der Waals surface area contributed by atoms with Crippen molar-refractivity contribution in [2.75, 3.05) is 23.5 Å². The number of thioether (sulfide) groups is 1. The maximum absolute atomic E-state index is 13.2. The molecule has 0 radical (unpaired) electrons. The predicted molar refractivity (Wildman–Crippen MR) is 161 cm³/mol. The first-order valence-corrected chi connectivity index (χ1v) is 15.0. The van der Waals surface area contributed by atoms with E-state index in [1.165, 1.54) is 29.5 Å². The van der Waals surface area contributed by atoms with Crippen molar-refractivity contribution in [1.82, 2.24) is 10.3 Å². The smallest absolute Gasteiger partial charge is 0.256 e. The van der Waals surface area contributed by atoms with Crippen molar-refractivity contribution >= 4 is 62.4 Å². The summed E-state index contributed by atoms with van der Waals surface area (Å²) in [6, 6.07) is 19.7. The number of hydrogen-bond donors (Lipinski definition) is 3. The van der Waals surface area contributed by atoms with E-state index >= 15 is 0 Å². The van der Waals surface area contributed by atoms with E-state index in [4.69, 9.17) is 4.74 Å². The number of anilines is 2. The molecule has 0 aliphatic heterocycles. The van der Waals surface area contributed by atoms with Crippen molar-refractivity contribution in [2.45, 2.75) is 42.5 Å². The first-order chi connectivity index (χ1) is 19.5. The Labute approximate surface area is 240 Å². The molecule has 5 rings (SSSR count). The number of rotatable bonds is 9. The number of benzene rings is 3. The molecule has 3 N–H and O–H groups in total. The Morgan fingerprint density at radius 2 is 1.60 bits per heavy atom. The molecule has 1 heterocycles. The summed E-state index contributed by atoms with van der Waals surface area (Å²) < 4.78 is 6.78. The van der Waals surface area contributed by atoms with Gasteiger partial charge in [-0.15, -0.1) is 11.3 Å². The second-order valence-electron chi connectivity index (χ2n) is 9.54. The lowest BCUT2D eigenvalue weighted by molar-refractivity contribution is -0.113. The normalized spacial score (nSPS) is 13.5. The van der Waals surface area contributed by atoms with Gasteiger partial charge in [0.1, 0.15) is 5.75 Å². The zero-order valence-electron chi connectivity index (χ0n) is 22.1. The van der Waals surface area contributed by atoms with Gasteiger partial charge in [0.2, 0.25) is 5.91 Å². The van der Waals surface area contributed by atoms with E-state index in [0.29, 0.717) is 22.5 Å². The first kappa shape index (κ1) is 27.7. The molecule has 0 atom stereocenters. The van der Waals surface area contributed by atoms with E-state index in [-0.39, 0.29) is 29.5 Å². The number of hydrogen-bond acceptors (Lipinski definition) is 7. The van der Waals surface area contributed by atoms with Gasteiger partial charge in [-0.05, 0) is 67.4 Å². The molecular formula is C30H30N4O4S2. The maximum Gasteiger partial charge on any atom is 0.256 e. The van der Waals surface area contributed by atoms with Crippen LogP contribution in [0.15, 0.2) is 71.1 Å². The lowest BCUT2D eigenvalue weighted by Gasteiger charge is -2.23. The summed E-state index contributed by atoms with van der Waals surface area (Å²) in [4.78, 5) is 43.1. The van der Waals surface area contributed by atoms with Crippen molar-refractivity contribution in [3.63, 3.8) is 0 Å². The van der Waals surface area contributed by atoms with Crippen LogP contribution in [0.1, 0.15) is 52.8 Å². The van der Waals surface area contributed by atoms with Crippen LogP contribution in [0.25, 0.3) is 10.2 Å².